The van der Waals surface area contributed by atoms with Crippen molar-refractivity contribution < 1.29 is 31.9 Å². The monoisotopic (exact) mass is 247 g/mol. The number of rotatable bonds is 2. The average Bonchev–Trinajstić information content (AvgIpc) is 2.85. The summed E-state index contributed by atoms with van der Waals surface area (Å²) in [5.74, 6) is -3.71. The van der Waals surface area contributed by atoms with Crippen LogP contribution < -0.4 is 0 Å². The Morgan fingerprint density at radius 3 is 2.53 bits per heavy atom. The number of furan rings is 1. The normalized spacial score (nSPS) is 11.7. The number of nitrogens with zero attached hydrogens (tertiary/aromatic N) is 1. The van der Waals surface area contributed by atoms with Gasteiger partial charge in [-0.25, -0.2) is 9.78 Å². The second kappa shape index (κ2) is 3.65. The zero-order valence-electron chi connectivity index (χ0n) is 7.99. The molecule has 0 amide bonds. The van der Waals surface area contributed by atoms with Crippen molar-refractivity contribution in [3.63, 3.8) is 0 Å². The summed E-state index contributed by atoms with van der Waals surface area (Å²) in [6.45, 7) is 0. The first-order valence-corrected chi connectivity index (χ1v) is 4.25. The summed E-state index contributed by atoms with van der Waals surface area (Å²) in [6, 6.07) is 2.71. The highest BCUT2D eigenvalue weighted by Crippen LogP contribution is 2.34. The Balaban J connectivity index is 2.56. The van der Waals surface area contributed by atoms with Crippen LogP contribution in [0.5, 0.6) is 0 Å². The highest BCUT2D eigenvalue weighted by molar-refractivity contribution is 5.86. The summed E-state index contributed by atoms with van der Waals surface area (Å²) in [4.78, 5) is 13.7. The van der Waals surface area contributed by atoms with Gasteiger partial charge in [0.15, 0.2) is 11.5 Å². The highest BCUT2D eigenvalue weighted by Gasteiger charge is 2.41. The van der Waals surface area contributed by atoms with E-state index in [0.29, 0.717) is 0 Å². The van der Waals surface area contributed by atoms with E-state index < -0.39 is 29.5 Å². The van der Waals surface area contributed by atoms with Gasteiger partial charge in [-0.1, -0.05) is 0 Å². The van der Waals surface area contributed by atoms with Gasteiger partial charge in [-0.15, -0.1) is 0 Å². The predicted molar refractivity (Wildman–Crippen MR) is 46.2 cm³/mol. The van der Waals surface area contributed by atoms with E-state index in [-0.39, 0.29) is 5.76 Å². The number of carboxylic acids is 1. The first kappa shape index (κ1) is 11.2. The molecule has 0 aromatic carbocycles. The molecule has 0 radical (unpaired) electrons. The van der Waals surface area contributed by atoms with Gasteiger partial charge in [0.25, 0.3) is 5.89 Å². The third-order valence-corrected chi connectivity index (χ3v) is 1.82. The quantitative estimate of drug-likeness (QED) is 0.882. The minimum absolute atomic E-state index is 0.0806. The summed E-state index contributed by atoms with van der Waals surface area (Å²) < 4.78 is 46.6. The third kappa shape index (κ3) is 2.01. The minimum atomic E-state index is -4.90. The van der Waals surface area contributed by atoms with Crippen LogP contribution in [0, 0.1) is 0 Å². The number of oxazole rings is 1. The molecule has 0 aliphatic rings. The minimum Gasteiger partial charge on any atom is -0.475 e. The molecular weight excluding hydrogens is 243 g/mol. The Morgan fingerprint density at radius 2 is 2.12 bits per heavy atom. The van der Waals surface area contributed by atoms with Gasteiger partial charge in [0.2, 0.25) is 5.76 Å². The van der Waals surface area contributed by atoms with E-state index in [2.05, 4.69) is 9.40 Å². The van der Waals surface area contributed by atoms with E-state index in [1.54, 1.807) is 0 Å². The topological polar surface area (TPSA) is 76.5 Å². The zero-order chi connectivity index (χ0) is 12.6. The maximum Gasteiger partial charge on any atom is 0.437 e. The number of alkyl halides is 3. The van der Waals surface area contributed by atoms with Crippen LogP contribution in [0.1, 0.15) is 16.2 Å². The van der Waals surface area contributed by atoms with Crippen molar-refractivity contribution in [3.8, 4) is 11.7 Å². The summed E-state index contributed by atoms with van der Waals surface area (Å²) in [5.41, 5.74) is -1.59. The lowest BCUT2D eigenvalue weighted by Gasteiger charge is -2.00. The molecule has 2 aromatic heterocycles. The summed E-state index contributed by atoms with van der Waals surface area (Å²) in [7, 11) is 0. The first-order chi connectivity index (χ1) is 7.89. The van der Waals surface area contributed by atoms with Crippen molar-refractivity contribution in [2.75, 3.05) is 0 Å². The van der Waals surface area contributed by atoms with Crippen molar-refractivity contribution in [1.29, 1.82) is 0 Å². The van der Waals surface area contributed by atoms with Gasteiger partial charge in [-0.05, 0) is 12.1 Å². The maximum atomic E-state index is 12.4. The lowest BCUT2D eigenvalue weighted by atomic mass is 10.3. The highest BCUT2D eigenvalue weighted by atomic mass is 19.4. The Labute approximate surface area is 91.5 Å². The summed E-state index contributed by atoms with van der Waals surface area (Å²) in [6.07, 6.45) is -3.70. The number of aromatic nitrogens is 1. The van der Waals surface area contributed by atoms with Crippen LogP contribution in [0.2, 0.25) is 0 Å². The van der Waals surface area contributed by atoms with E-state index in [9.17, 15) is 18.0 Å². The number of hydrogen-bond acceptors (Lipinski definition) is 4. The van der Waals surface area contributed by atoms with Crippen molar-refractivity contribution in [3.05, 3.63) is 29.9 Å². The van der Waals surface area contributed by atoms with Crippen LogP contribution in [0.25, 0.3) is 11.7 Å². The molecule has 0 fully saturated rings. The van der Waals surface area contributed by atoms with E-state index >= 15 is 0 Å². The third-order valence-electron chi connectivity index (χ3n) is 1.82. The fraction of sp³-hybridized carbons (Fsp3) is 0.111. The Kier molecular flexibility index (Phi) is 2.41. The van der Waals surface area contributed by atoms with E-state index in [0.717, 1.165) is 0 Å². The molecule has 0 aliphatic carbocycles. The van der Waals surface area contributed by atoms with Gasteiger partial charge in [-0.2, -0.15) is 13.2 Å². The fourth-order valence-electron chi connectivity index (χ4n) is 1.16. The number of aromatic carboxylic acids is 1. The van der Waals surface area contributed by atoms with Crippen LogP contribution in [0.4, 0.5) is 13.2 Å². The van der Waals surface area contributed by atoms with E-state index in [4.69, 9.17) is 9.52 Å². The standard InChI is InChI=1S/C9H4F3NO4/c10-9(11,12)6-5(8(14)15)17-7(13-6)4-2-1-3-16-4/h1-3H,(H,14,15). The number of carbonyl (C=O) groups is 1. The molecule has 0 bridgehead atoms. The Morgan fingerprint density at radius 1 is 1.41 bits per heavy atom. The van der Waals surface area contributed by atoms with Crippen LogP contribution in [0.3, 0.4) is 0 Å². The molecule has 0 atom stereocenters. The molecule has 5 nitrogen and oxygen atoms in total. The molecule has 0 saturated carbocycles. The van der Waals surface area contributed by atoms with Gasteiger partial charge in [-0.3, -0.25) is 0 Å². The zero-order valence-corrected chi connectivity index (χ0v) is 7.99. The molecule has 0 spiro atoms. The lowest BCUT2D eigenvalue weighted by molar-refractivity contribution is -0.141. The Bertz CT molecular complexity index is 541. The number of halogens is 3. The number of carboxylic acid groups (broad SMARTS) is 1. The molecule has 90 valence electrons. The largest absolute Gasteiger partial charge is 0.475 e. The molecule has 1 N–H and O–H groups in total. The van der Waals surface area contributed by atoms with Crippen LogP contribution in [-0.2, 0) is 6.18 Å². The van der Waals surface area contributed by atoms with Crippen molar-refractivity contribution in [1.82, 2.24) is 4.98 Å². The van der Waals surface area contributed by atoms with Gasteiger partial charge in [0.1, 0.15) is 0 Å². The summed E-state index contributed by atoms with van der Waals surface area (Å²) >= 11 is 0. The van der Waals surface area contributed by atoms with Crippen molar-refractivity contribution >= 4 is 5.97 Å². The molecular formula is C9H4F3NO4. The predicted octanol–water partition coefficient (Wildman–Crippen LogP) is 2.65. The second-order valence-corrected chi connectivity index (χ2v) is 2.98. The molecule has 0 aliphatic heterocycles. The molecule has 0 saturated heterocycles. The SMILES string of the molecule is O=C(O)c1oc(-c2ccco2)nc1C(F)(F)F. The maximum absolute atomic E-state index is 12.4. The molecule has 8 heteroatoms. The summed E-state index contributed by atoms with van der Waals surface area (Å²) in [5, 5.41) is 8.58. The van der Waals surface area contributed by atoms with Gasteiger partial charge >= 0.3 is 12.1 Å². The molecule has 2 heterocycles. The smallest absolute Gasteiger partial charge is 0.437 e. The lowest BCUT2D eigenvalue weighted by Crippen LogP contribution is -2.11. The molecule has 2 rings (SSSR count). The second-order valence-electron chi connectivity index (χ2n) is 2.98. The van der Waals surface area contributed by atoms with Gasteiger partial charge in [0.05, 0.1) is 6.26 Å². The van der Waals surface area contributed by atoms with E-state index in [1.165, 1.54) is 18.4 Å². The van der Waals surface area contributed by atoms with Crippen LogP contribution >= 0.6 is 0 Å². The first-order valence-electron chi connectivity index (χ1n) is 4.25. The van der Waals surface area contributed by atoms with Crippen LogP contribution in [0.15, 0.2) is 27.2 Å². The average molecular weight is 247 g/mol. The molecule has 17 heavy (non-hydrogen) atoms. The van der Waals surface area contributed by atoms with E-state index in [1.807, 2.05) is 0 Å². The van der Waals surface area contributed by atoms with Crippen molar-refractivity contribution in [2.45, 2.75) is 6.18 Å². The molecule has 2 aromatic rings. The fourth-order valence-corrected chi connectivity index (χ4v) is 1.16. The van der Waals surface area contributed by atoms with Crippen LogP contribution in [-0.4, -0.2) is 16.1 Å². The van der Waals surface area contributed by atoms with Gasteiger partial charge < -0.3 is 13.9 Å². The molecule has 0 unspecified atom stereocenters. The van der Waals surface area contributed by atoms with Gasteiger partial charge in [0, 0.05) is 0 Å². The number of hydrogen-bond donors (Lipinski definition) is 1. The Hall–Kier alpha value is -2.25. The van der Waals surface area contributed by atoms with Crippen molar-refractivity contribution in [2.24, 2.45) is 0 Å².